The van der Waals surface area contributed by atoms with Gasteiger partial charge in [-0.2, -0.15) is 0 Å². The Balaban J connectivity index is 2.42. The third kappa shape index (κ3) is 6.34. The fraction of sp³-hybridized carbons (Fsp3) is 0.565. The molecule has 1 amide bonds. The van der Waals surface area contributed by atoms with Crippen molar-refractivity contribution in [2.24, 2.45) is 0 Å². The molecule has 31 heavy (non-hydrogen) atoms. The molecule has 8 heteroatoms. The monoisotopic (exact) mass is 431 g/mol. The number of alkyl carbamates (subject to hydrolysis) is 1. The highest BCUT2D eigenvalue weighted by Gasteiger charge is 2.52. The number of ketones is 1. The molecule has 1 aliphatic rings. The van der Waals surface area contributed by atoms with Crippen molar-refractivity contribution in [1.82, 2.24) is 5.32 Å². The van der Waals surface area contributed by atoms with Crippen molar-refractivity contribution in [2.45, 2.75) is 72.2 Å². The second kappa shape index (κ2) is 9.05. The molecular weight excluding hydrogens is 397 g/mol. The van der Waals surface area contributed by atoms with Crippen LogP contribution in [-0.4, -0.2) is 49.5 Å². The lowest BCUT2D eigenvalue weighted by molar-refractivity contribution is 0.00578. The van der Waals surface area contributed by atoms with Gasteiger partial charge in [0.2, 0.25) is 0 Å². The summed E-state index contributed by atoms with van der Waals surface area (Å²) in [4.78, 5) is 24.1. The van der Waals surface area contributed by atoms with Gasteiger partial charge in [0.25, 0.3) is 0 Å². The molecule has 1 fully saturated rings. The summed E-state index contributed by atoms with van der Waals surface area (Å²) in [6, 6.07) is 5.21. The minimum atomic E-state index is -0.689. The van der Waals surface area contributed by atoms with Crippen LogP contribution in [0.15, 0.2) is 23.7 Å². The number of benzene rings is 1. The molecule has 0 spiro atoms. The number of amides is 1. The van der Waals surface area contributed by atoms with E-state index in [4.69, 9.17) is 18.8 Å². The first-order chi connectivity index (χ1) is 14.1. The predicted molar refractivity (Wildman–Crippen MR) is 121 cm³/mol. The molecule has 1 heterocycles. The van der Waals surface area contributed by atoms with E-state index in [1.165, 1.54) is 6.92 Å². The highest BCUT2D eigenvalue weighted by Crippen LogP contribution is 2.39. The summed E-state index contributed by atoms with van der Waals surface area (Å²) in [7, 11) is 0.874. The smallest absolute Gasteiger partial charge is 0.492 e. The van der Waals surface area contributed by atoms with Crippen LogP contribution in [0.25, 0.3) is 6.08 Å². The van der Waals surface area contributed by atoms with Crippen LogP contribution in [0.3, 0.4) is 0 Å². The lowest BCUT2D eigenvalue weighted by Crippen LogP contribution is -2.41. The van der Waals surface area contributed by atoms with Crippen molar-refractivity contribution in [2.75, 3.05) is 13.7 Å². The summed E-state index contributed by atoms with van der Waals surface area (Å²) in [5.74, 6) is 0.539. The number of hydrogen-bond acceptors (Lipinski definition) is 6. The highest BCUT2D eigenvalue weighted by atomic mass is 16.7. The van der Waals surface area contributed by atoms with Gasteiger partial charge < -0.3 is 24.1 Å². The fourth-order valence-electron chi connectivity index (χ4n) is 2.95. The maximum atomic E-state index is 12.2. The number of carbonyl (C=O) groups is 2. The molecule has 0 aromatic heterocycles. The van der Waals surface area contributed by atoms with Crippen LogP contribution in [0.5, 0.6) is 5.75 Å². The summed E-state index contributed by atoms with van der Waals surface area (Å²) < 4.78 is 23.2. The number of nitrogens with one attached hydrogen (secondary N) is 1. The maximum absolute atomic E-state index is 12.2. The normalized spacial score (nSPS) is 18.0. The molecule has 0 unspecified atom stereocenters. The van der Waals surface area contributed by atoms with Crippen LogP contribution in [-0.2, 0) is 14.0 Å². The maximum Gasteiger partial charge on any atom is 0.492 e. The Hall–Kier alpha value is -2.32. The van der Waals surface area contributed by atoms with Crippen molar-refractivity contribution < 1.29 is 28.4 Å². The molecule has 1 N–H and O–H groups in total. The number of methoxy groups -OCH3 is 1. The van der Waals surface area contributed by atoms with E-state index in [2.05, 4.69) is 5.32 Å². The first-order valence-electron chi connectivity index (χ1n) is 10.4. The lowest BCUT2D eigenvalue weighted by atomic mass is 9.76. The van der Waals surface area contributed by atoms with Crippen molar-refractivity contribution in [1.29, 1.82) is 0 Å². The average Bonchev–Trinajstić information content (AvgIpc) is 2.84. The van der Waals surface area contributed by atoms with E-state index in [1.807, 2.05) is 33.8 Å². The summed E-state index contributed by atoms with van der Waals surface area (Å²) in [5, 5.41) is 2.77. The molecular formula is C23H34BNO6. The van der Waals surface area contributed by atoms with E-state index in [0.717, 1.165) is 0 Å². The zero-order valence-electron chi connectivity index (χ0n) is 20.0. The summed E-state index contributed by atoms with van der Waals surface area (Å²) >= 11 is 0. The molecule has 7 nitrogen and oxygen atoms in total. The predicted octanol–water partition coefficient (Wildman–Crippen LogP) is 4.44. The molecule has 1 aliphatic heterocycles. The standard InChI is InChI=1S/C23H34BNO6/c1-15(26)16-10-11-19(28-9)17(12-16)13-18(14-25-20(27)29-21(2,3)4)24-30-22(5,6)23(7,8)31-24/h10-13H,14H2,1-9H3,(H,25,27). The molecule has 0 atom stereocenters. The van der Waals surface area contributed by atoms with Gasteiger partial charge in [-0.25, -0.2) is 4.79 Å². The Bertz CT molecular complexity index is 853. The second-order valence-corrected chi connectivity index (χ2v) is 9.68. The van der Waals surface area contributed by atoms with Gasteiger partial charge in [0.15, 0.2) is 5.78 Å². The zero-order valence-corrected chi connectivity index (χ0v) is 20.0. The van der Waals surface area contributed by atoms with Crippen LogP contribution in [0, 0.1) is 0 Å². The van der Waals surface area contributed by atoms with E-state index in [-0.39, 0.29) is 12.3 Å². The lowest BCUT2D eigenvalue weighted by Gasteiger charge is -2.32. The molecule has 1 saturated heterocycles. The van der Waals surface area contributed by atoms with Gasteiger partial charge in [0, 0.05) is 17.7 Å². The van der Waals surface area contributed by atoms with Crippen LogP contribution in [0.1, 0.15) is 71.3 Å². The van der Waals surface area contributed by atoms with Crippen molar-refractivity contribution in [3.8, 4) is 5.75 Å². The van der Waals surface area contributed by atoms with Gasteiger partial charge in [-0.3, -0.25) is 4.79 Å². The van der Waals surface area contributed by atoms with Crippen LogP contribution < -0.4 is 10.1 Å². The molecule has 0 aliphatic carbocycles. The minimum Gasteiger partial charge on any atom is -0.496 e. The van der Waals surface area contributed by atoms with Gasteiger partial charge in [0.1, 0.15) is 11.4 Å². The molecule has 1 aromatic carbocycles. The van der Waals surface area contributed by atoms with E-state index in [9.17, 15) is 9.59 Å². The first-order valence-corrected chi connectivity index (χ1v) is 10.4. The number of ether oxygens (including phenoxy) is 2. The van der Waals surface area contributed by atoms with Crippen LogP contribution in [0.2, 0.25) is 0 Å². The minimum absolute atomic E-state index is 0.0543. The van der Waals surface area contributed by atoms with Crippen molar-refractivity contribution >= 4 is 25.1 Å². The molecule has 1 aromatic rings. The Morgan fingerprint density at radius 2 is 1.71 bits per heavy atom. The van der Waals surface area contributed by atoms with Crippen molar-refractivity contribution in [3.05, 3.63) is 34.8 Å². The van der Waals surface area contributed by atoms with E-state index >= 15 is 0 Å². The van der Waals surface area contributed by atoms with Gasteiger partial charge in [-0.15, -0.1) is 0 Å². The second-order valence-electron chi connectivity index (χ2n) is 9.68. The Morgan fingerprint density at radius 3 is 2.19 bits per heavy atom. The van der Waals surface area contributed by atoms with E-state index in [1.54, 1.807) is 46.1 Å². The summed E-state index contributed by atoms with van der Waals surface area (Å²) in [5.41, 5.74) is 0.203. The Morgan fingerprint density at radius 1 is 1.13 bits per heavy atom. The van der Waals surface area contributed by atoms with Gasteiger partial charge in [-0.1, -0.05) is 6.08 Å². The zero-order chi connectivity index (χ0) is 23.6. The van der Waals surface area contributed by atoms with E-state index < -0.39 is 30.0 Å². The number of hydrogen-bond donors (Lipinski definition) is 1. The quantitative estimate of drug-likeness (QED) is 0.530. The van der Waals surface area contributed by atoms with E-state index in [0.29, 0.717) is 22.3 Å². The topological polar surface area (TPSA) is 83.1 Å². The molecule has 0 saturated carbocycles. The largest absolute Gasteiger partial charge is 0.496 e. The first kappa shape index (κ1) is 24.9. The number of rotatable bonds is 6. The van der Waals surface area contributed by atoms with Gasteiger partial charge in [-0.05, 0) is 79.1 Å². The molecule has 170 valence electrons. The Labute approximate surface area is 185 Å². The third-order valence-corrected chi connectivity index (χ3v) is 5.37. The Kier molecular flexibility index (Phi) is 7.28. The third-order valence-electron chi connectivity index (χ3n) is 5.37. The highest BCUT2D eigenvalue weighted by molar-refractivity contribution is 6.56. The van der Waals surface area contributed by atoms with Crippen molar-refractivity contribution in [3.63, 3.8) is 0 Å². The number of carbonyl (C=O) groups excluding carboxylic acids is 2. The van der Waals surface area contributed by atoms with Crippen LogP contribution >= 0.6 is 0 Å². The fourth-order valence-corrected chi connectivity index (χ4v) is 2.95. The SMILES string of the molecule is COc1ccc(C(C)=O)cc1C=C(CNC(=O)OC(C)(C)C)B1OC(C)(C)C(C)(C)O1. The molecule has 0 radical (unpaired) electrons. The molecule has 2 rings (SSSR count). The van der Waals surface area contributed by atoms with Gasteiger partial charge in [0.05, 0.1) is 18.3 Å². The number of Topliss-reactive ketones (excluding diaryl/α,β-unsaturated/α-hetero) is 1. The summed E-state index contributed by atoms with van der Waals surface area (Å²) in [6.45, 7) is 14.9. The average molecular weight is 431 g/mol. The van der Waals surface area contributed by atoms with Crippen LogP contribution in [0.4, 0.5) is 4.79 Å². The molecule has 0 bridgehead atoms. The van der Waals surface area contributed by atoms with Gasteiger partial charge >= 0.3 is 13.2 Å². The summed E-state index contributed by atoms with van der Waals surface area (Å²) in [6.07, 6.45) is 1.28.